The van der Waals surface area contributed by atoms with Gasteiger partial charge in [0.05, 0.1) is 10.1 Å². The van der Waals surface area contributed by atoms with Crippen molar-refractivity contribution in [2.45, 2.75) is 37.4 Å². The van der Waals surface area contributed by atoms with Gasteiger partial charge >= 0.3 is 0 Å². The van der Waals surface area contributed by atoms with Crippen molar-refractivity contribution >= 4 is 27.3 Å². The summed E-state index contributed by atoms with van der Waals surface area (Å²) in [4.78, 5) is 15.2. The first kappa shape index (κ1) is 21.0. The molecule has 0 bridgehead atoms. The second-order valence-corrected chi connectivity index (χ2v) is 9.82. The van der Waals surface area contributed by atoms with Gasteiger partial charge in [-0.25, -0.2) is 13.6 Å². The van der Waals surface area contributed by atoms with Crippen LogP contribution in [0.15, 0.2) is 28.1 Å². The van der Waals surface area contributed by atoms with E-state index in [0.717, 1.165) is 43.6 Å². The Morgan fingerprint density at radius 3 is 3.00 bits per heavy atom. The predicted octanol–water partition coefficient (Wildman–Crippen LogP) is 2.06. The molecule has 28 heavy (non-hydrogen) atoms. The summed E-state index contributed by atoms with van der Waals surface area (Å²) in [5.41, 5.74) is 0.283. The van der Waals surface area contributed by atoms with Crippen LogP contribution in [0.5, 0.6) is 0 Å². The summed E-state index contributed by atoms with van der Waals surface area (Å²) in [7, 11) is -3.45. The van der Waals surface area contributed by atoms with Crippen molar-refractivity contribution in [1.82, 2.24) is 15.4 Å². The quantitative estimate of drug-likeness (QED) is 0.593. The molecule has 1 aliphatic heterocycles. The summed E-state index contributed by atoms with van der Waals surface area (Å²) in [6.07, 6.45) is 4.28. The smallest absolute Gasteiger partial charge is 0.273 e. The van der Waals surface area contributed by atoms with E-state index in [1.54, 1.807) is 6.07 Å². The number of carbonyl (C=O) groups is 1. The number of carbonyl (C=O) groups excluding carboxylic acids is 1. The van der Waals surface area contributed by atoms with Gasteiger partial charge in [0.15, 0.2) is 11.5 Å². The molecular weight excluding hydrogens is 400 g/mol. The molecule has 0 unspecified atom stereocenters. The number of amides is 1. The number of nitrogens with one attached hydrogen (secondary N) is 1. The van der Waals surface area contributed by atoms with Crippen LogP contribution in [-0.2, 0) is 10.0 Å². The fraction of sp³-hybridized carbons (Fsp3) is 0.556. The first-order valence-corrected chi connectivity index (χ1v) is 11.9. The van der Waals surface area contributed by atoms with Gasteiger partial charge in [-0.05, 0) is 50.2 Å². The molecule has 2 aromatic heterocycles. The average Bonchev–Trinajstić information content (AvgIpc) is 3.35. The van der Waals surface area contributed by atoms with Crippen LogP contribution in [0.25, 0.3) is 10.6 Å². The third-order valence-corrected chi connectivity index (χ3v) is 7.07. The van der Waals surface area contributed by atoms with Crippen LogP contribution in [0.1, 0.15) is 42.6 Å². The number of piperidine rings is 1. The minimum Gasteiger partial charge on any atom is -0.355 e. The molecule has 1 atom stereocenters. The number of nitrogens with two attached hydrogens (primary N) is 1. The fourth-order valence-electron chi connectivity index (χ4n) is 3.33. The molecular formula is C18H26N4O4S2. The Morgan fingerprint density at radius 1 is 1.39 bits per heavy atom. The number of hydrogen-bond donors (Lipinski definition) is 2. The van der Waals surface area contributed by atoms with E-state index in [-0.39, 0.29) is 11.6 Å². The Labute approximate surface area is 169 Å². The minimum atomic E-state index is -3.45. The molecule has 1 aliphatic rings. The van der Waals surface area contributed by atoms with Crippen LogP contribution < -0.4 is 10.5 Å². The lowest BCUT2D eigenvalue weighted by atomic mass is 10.1. The molecule has 0 spiro atoms. The van der Waals surface area contributed by atoms with Crippen LogP contribution in [-0.4, -0.2) is 55.8 Å². The van der Waals surface area contributed by atoms with Crippen LogP contribution in [0.3, 0.4) is 0 Å². The van der Waals surface area contributed by atoms with Gasteiger partial charge in [0.25, 0.3) is 5.91 Å². The molecule has 3 rings (SSSR count). The van der Waals surface area contributed by atoms with E-state index in [1.807, 2.05) is 17.5 Å². The van der Waals surface area contributed by atoms with E-state index < -0.39 is 15.3 Å². The molecule has 10 heteroatoms. The van der Waals surface area contributed by atoms with E-state index in [2.05, 4.69) is 15.4 Å². The molecule has 0 saturated carbocycles. The minimum absolute atomic E-state index is 0.237. The van der Waals surface area contributed by atoms with Crippen molar-refractivity contribution in [3.63, 3.8) is 0 Å². The van der Waals surface area contributed by atoms with Crippen molar-refractivity contribution in [3.8, 4) is 10.6 Å². The van der Waals surface area contributed by atoms with Crippen LogP contribution >= 0.6 is 11.3 Å². The maximum Gasteiger partial charge on any atom is 0.273 e. The zero-order valence-electron chi connectivity index (χ0n) is 15.7. The van der Waals surface area contributed by atoms with Gasteiger partial charge in [0.2, 0.25) is 10.0 Å². The Hall–Kier alpha value is -1.75. The molecule has 154 valence electrons. The molecule has 0 radical (unpaired) electrons. The fourth-order valence-corrected chi connectivity index (χ4v) is 4.92. The number of sulfonamides is 1. The summed E-state index contributed by atoms with van der Waals surface area (Å²) < 4.78 is 28.2. The molecule has 8 nitrogen and oxygen atoms in total. The van der Waals surface area contributed by atoms with Gasteiger partial charge < -0.3 is 14.7 Å². The van der Waals surface area contributed by atoms with E-state index in [4.69, 9.17) is 9.66 Å². The first-order chi connectivity index (χ1) is 13.4. The van der Waals surface area contributed by atoms with Crippen molar-refractivity contribution < 1.29 is 17.7 Å². The lowest BCUT2D eigenvalue weighted by Gasteiger charge is -2.31. The number of thiophene rings is 1. The highest BCUT2D eigenvalue weighted by molar-refractivity contribution is 7.89. The maximum absolute atomic E-state index is 12.1. The average molecular weight is 427 g/mol. The van der Waals surface area contributed by atoms with Gasteiger partial charge in [-0.15, -0.1) is 11.3 Å². The van der Waals surface area contributed by atoms with Gasteiger partial charge in [0.1, 0.15) is 0 Å². The van der Waals surface area contributed by atoms with E-state index in [0.29, 0.717) is 25.3 Å². The normalized spacial score (nSPS) is 18.2. The molecule has 1 saturated heterocycles. The standard InChI is InChI=1S/C18H26N4O4S2/c19-28(24,25)14-6-4-10-22(13-14)9-3-1-2-8-20-18(23)15-12-16(26-21-15)17-7-5-11-27-17/h5,7,11-12,14H,1-4,6,8-10,13H2,(H,20,23)(H2,19,24,25)/t14-/m0/s1. The highest BCUT2D eigenvalue weighted by Gasteiger charge is 2.27. The summed E-state index contributed by atoms with van der Waals surface area (Å²) in [6, 6.07) is 5.49. The molecule has 1 fully saturated rings. The Morgan fingerprint density at radius 2 is 2.25 bits per heavy atom. The lowest BCUT2D eigenvalue weighted by molar-refractivity contribution is 0.0944. The summed E-state index contributed by atoms with van der Waals surface area (Å²) in [6.45, 7) is 2.86. The van der Waals surface area contributed by atoms with Crippen LogP contribution in [0, 0.1) is 0 Å². The highest BCUT2D eigenvalue weighted by atomic mass is 32.2. The molecule has 0 aromatic carbocycles. The molecule has 1 amide bonds. The summed E-state index contributed by atoms with van der Waals surface area (Å²) >= 11 is 1.53. The van der Waals surface area contributed by atoms with Crippen molar-refractivity contribution in [3.05, 3.63) is 29.3 Å². The van der Waals surface area contributed by atoms with E-state index >= 15 is 0 Å². The Bertz CT molecular complexity index is 864. The van der Waals surface area contributed by atoms with Gasteiger partial charge in [-0.1, -0.05) is 17.6 Å². The number of rotatable bonds is 9. The zero-order valence-corrected chi connectivity index (χ0v) is 17.3. The summed E-state index contributed by atoms with van der Waals surface area (Å²) in [5.74, 6) is 0.359. The molecule has 2 aromatic rings. The zero-order chi connectivity index (χ0) is 20.0. The van der Waals surface area contributed by atoms with Crippen LogP contribution in [0.4, 0.5) is 0 Å². The largest absolute Gasteiger partial charge is 0.355 e. The predicted molar refractivity (Wildman–Crippen MR) is 109 cm³/mol. The SMILES string of the molecule is NS(=O)(=O)[C@H]1CCCN(CCCCCNC(=O)c2cc(-c3cccs3)on2)C1. The van der Waals surface area contributed by atoms with E-state index in [9.17, 15) is 13.2 Å². The van der Waals surface area contributed by atoms with Gasteiger partial charge in [-0.2, -0.15) is 0 Å². The summed E-state index contributed by atoms with van der Waals surface area (Å²) in [5, 5.41) is 13.4. The Balaban J connectivity index is 1.31. The third-order valence-electron chi connectivity index (χ3n) is 4.87. The number of hydrogen-bond acceptors (Lipinski definition) is 7. The molecule has 3 N–H and O–H groups in total. The first-order valence-electron chi connectivity index (χ1n) is 9.46. The van der Waals surface area contributed by atoms with Crippen molar-refractivity contribution in [1.29, 1.82) is 0 Å². The van der Waals surface area contributed by atoms with Crippen molar-refractivity contribution in [2.75, 3.05) is 26.2 Å². The maximum atomic E-state index is 12.1. The molecule has 0 aliphatic carbocycles. The number of nitrogens with zero attached hydrogens (tertiary/aromatic N) is 2. The monoisotopic (exact) mass is 426 g/mol. The number of unbranched alkanes of at least 4 members (excludes halogenated alkanes) is 2. The molecule has 3 heterocycles. The topological polar surface area (TPSA) is 119 Å². The number of likely N-dealkylation sites (tertiary alicyclic amines) is 1. The third kappa shape index (κ3) is 5.87. The van der Waals surface area contributed by atoms with Gasteiger partial charge in [0, 0.05) is 19.2 Å². The van der Waals surface area contributed by atoms with Gasteiger partial charge in [-0.3, -0.25) is 4.79 Å². The number of primary sulfonamides is 1. The van der Waals surface area contributed by atoms with Crippen LogP contribution in [0.2, 0.25) is 0 Å². The second kappa shape index (κ2) is 9.64. The number of aromatic nitrogens is 1. The lowest BCUT2D eigenvalue weighted by Crippen LogP contribution is -2.44. The van der Waals surface area contributed by atoms with E-state index in [1.165, 1.54) is 11.3 Å². The van der Waals surface area contributed by atoms with Crippen molar-refractivity contribution in [2.24, 2.45) is 5.14 Å². The highest BCUT2D eigenvalue weighted by Crippen LogP contribution is 2.25. The Kier molecular flexibility index (Phi) is 7.22. The second-order valence-electron chi connectivity index (χ2n) is 7.02.